The lowest BCUT2D eigenvalue weighted by molar-refractivity contribution is -0.0909. The van der Waals surface area contributed by atoms with E-state index in [1.54, 1.807) is 20.9 Å². The smallest absolute Gasteiger partial charge is 0.219 e. The zero-order valence-electron chi connectivity index (χ0n) is 11.1. The quantitative estimate of drug-likeness (QED) is 0.739. The van der Waals surface area contributed by atoms with Crippen LogP contribution in [0.3, 0.4) is 0 Å². The van der Waals surface area contributed by atoms with E-state index in [4.69, 9.17) is 9.47 Å². The van der Waals surface area contributed by atoms with Crippen LogP contribution < -0.4 is 0 Å². The van der Waals surface area contributed by atoms with Crippen LogP contribution in [0.5, 0.6) is 0 Å². The Labute approximate surface area is 104 Å². The molecule has 0 amide bonds. The first-order valence-electron chi connectivity index (χ1n) is 5.96. The van der Waals surface area contributed by atoms with Crippen LogP contribution in [0.2, 0.25) is 0 Å². The van der Waals surface area contributed by atoms with Crippen molar-refractivity contribution in [3.05, 3.63) is 0 Å². The van der Waals surface area contributed by atoms with E-state index in [-0.39, 0.29) is 6.10 Å². The molecule has 1 atom stereocenters. The fourth-order valence-electron chi connectivity index (χ4n) is 1.63. The minimum Gasteiger partial charge on any atom is -0.376 e. The lowest BCUT2D eigenvalue weighted by atomic mass is 10.1. The molecule has 0 aromatic rings. The van der Waals surface area contributed by atoms with Crippen LogP contribution >= 0.6 is 0 Å². The Kier molecular flexibility index (Phi) is 4.95. The van der Waals surface area contributed by atoms with Crippen LogP contribution in [0.15, 0.2) is 0 Å². The molecule has 0 aromatic heterocycles. The summed E-state index contributed by atoms with van der Waals surface area (Å²) < 4.78 is 35.9. The highest BCUT2D eigenvalue weighted by molar-refractivity contribution is 7.90. The Hall–Kier alpha value is -0.170. The Bertz CT molecular complexity index is 333. The fourth-order valence-corrected chi connectivity index (χ4v) is 3.20. The molecule has 0 saturated carbocycles. The van der Waals surface area contributed by atoms with Crippen molar-refractivity contribution in [2.24, 2.45) is 0 Å². The van der Waals surface area contributed by atoms with Crippen molar-refractivity contribution in [1.82, 2.24) is 4.31 Å². The lowest BCUT2D eigenvalue weighted by Gasteiger charge is -2.32. The van der Waals surface area contributed by atoms with Crippen molar-refractivity contribution in [1.29, 1.82) is 0 Å². The highest BCUT2D eigenvalue weighted by Crippen LogP contribution is 2.23. The van der Waals surface area contributed by atoms with Crippen LogP contribution in [0.1, 0.15) is 27.2 Å². The van der Waals surface area contributed by atoms with Crippen molar-refractivity contribution in [2.75, 3.05) is 33.4 Å². The van der Waals surface area contributed by atoms with Crippen molar-refractivity contribution >= 4 is 10.0 Å². The average molecular weight is 265 g/mol. The monoisotopic (exact) mass is 265 g/mol. The SMILES string of the molecule is CCC(C)(C)S(=O)(=O)N(C)C[C@@H]1COCCO1. The third-order valence-corrected chi connectivity index (χ3v) is 5.96. The summed E-state index contributed by atoms with van der Waals surface area (Å²) in [5.74, 6) is 0. The van der Waals surface area contributed by atoms with Crippen molar-refractivity contribution < 1.29 is 17.9 Å². The number of hydrogen-bond acceptors (Lipinski definition) is 4. The van der Waals surface area contributed by atoms with Gasteiger partial charge in [0, 0.05) is 13.6 Å². The van der Waals surface area contributed by atoms with Crippen LogP contribution in [0.4, 0.5) is 0 Å². The topological polar surface area (TPSA) is 55.8 Å². The molecule has 5 nitrogen and oxygen atoms in total. The maximum atomic E-state index is 12.3. The van der Waals surface area contributed by atoms with Gasteiger partial charge in [-0.05, 0) is 20.3 Å². The normalized spacial score (nSPS) is 23.0. The maximum Gasteiger partial charge on any atom is 0.219 e. The first-order valence-corrected chi connectivity index (χ1v) is 7.40. The molecule has 0 N–H and O–H groups in total. The molecule has 1 heterocycles. The van der Waals surface area contributed by atoms with E-state index < -0.39 is 14.8 Å². The summed E-state index contributed by atoms with van der Waals surface area (Å²) in [6.07, 6.45) is 0.429. The van der Waals surface area contributed by atoms with E-state index >= 15 is 0 Å². The van der Waals surface area contributed by atoms with Crippen molar-refractivity contribution in [2.45, 2.75) is 38.0 Å². The van der Waals surface area contributed by atoms with E-state index in [9.17, 15) is 8.42 Å². The van der Waals surface area contributed by atoms with Gasteiger partial charge in [-0.2, -0.15) is 0 Å². The zero-order valence-corrected chi connectivity index (χ0v) is 11.9. The molecule has 1 aliphatic rings. The fraction of sp³-hybridized carbons (Fsp3) is 1.00. The summed E-state index contributed by atoms with van der Waals surface area (Å²) in [7, 11) is -1.69. The molecule has 0 aliphatic carbocycles. The molecule has 0 bridgehead atoms. The number of rotatable bonds is 5. The molecule has 1 rings (SSSR count). The summed E-state index contributed by atoms with van der Waals surface area (Å²) in [4.78, 5) is 0. The van der Waals surface area contributed by atoms with Gasteiger partial charge in [0.1, 0.15) is 0 Å². The summed E-state index contributed by atoms with van der Waals surface area (Å²) in [6, 6.07) is 0. The zero-order chi connectivity index (χ0) is 13.1. The van der Waals surface area contributed by atoms with E-state index in [0.717, 1.165) is 0 Å². The van der Waals surface area contributed by atoms with Crippen molar-refractivity contribution in [3.8, 4) is 0 Å². The first-order chi connectivity index (χ1) is 7.81. The molecule has 1 saturated heterocycles. The minimum atomic E-state index is -3.29. The second kappa shape index (κ2) is 5.65. The van der Waals surface area contributed by atoms with Gasteiger partial charge < -0.3 is 9.47 Å². The molecule has 17 heavy (non-hydrogen) atoms. The van der Waals surface area contributed by atoms with Gasteiger partial charge in [0.25, 0.3) is 0 Å². The van der Waals surface area contributed by atoms with Crippen LogP contribution in [0, 0.1) is 0 Å². The first kappa shape index (κ1) is 14.9. The Morgan fingerprint density at radius 3 is 2.47 bits per heavy atom. The van der Waals surface area contributed by atoms with Crippen molar-refractivity contribution in [3.63, 3.8) is 0 Å². The van der Waals surface area contributed by atoms with Gasteiger partial charge in [-0.15, -0.1) is 0 Å². The van der Waals surface area contributed by atoms with Gasteiger partial charge in [-0.3, -0.25) is 0 Å². The number of ether oxygens (including phenoxy) is 2. The summed E-state index contributed by atoms with van der Waals surface area (Å²) in [6.45, 7) is 7.32. The number of sulfonamides is 1. The average Bonchev–Trinajstić information content (AvgIpc) is 2.30. The largest absolute Gasteiger partial charge is 0.376 e. The molecule has 1 fully saturated rings. The molecule has 0 unspecified atom stereocenters. The Morgan fingerprint density at radius 1 is 1.35 bits per heavy atom. The summed E-state index contributed by atoms with van der Waals surface area (Å²) >= 11 is 0. The van der Waals surface area contributed by atoms with E-state index in [1.807, 2.05) is 6.92 Å². The minimum absolute atomic E-state index is 0.156. The number of hydrogen-bond donors (Lipinski definition) is 0. The molecule has 0 aromatic carbocycles. The third kappa shape index (κ3) is 3.40. The summed E-state index contributed by atoms with van der Waals surface area (Å²) in [5.41, 5.74) is 0. The van der Waals surface area contributed by atoms with Crippen LogP contribution in [0.25, 0.3) is 0 Å². The number of nitrogens with zero attached hydrogens (tertiary/aromatic N) is 1. The van der Waals surface area contributed by atoms with Gasteiger partial charge in [0.2, 0.25) is 10.0 Å². The Morgan fingerprint density at radius 2 is 2.00 bits per heavy atom. The molecule has 0 radical (unpaired) electrons. The Balaban J connectivity index is 2.65. The maximum absolute atomic E-state index is 12.3. The molecular formula is C11H23NO4S. The molecule has 102 valence electrons. The highest BCUT2D eigenvalue weighted by Gasteiger charge is 2.37. The standard InChI is InChI=1S/C11H23NO4S/c1-5-11(2,3)17(13,14)12(4)8-10-9-15-6-7-16-10/h10H,5-9H2,1-4H3/t10-/m1/s1. The second-order valence-electron chi connectivity index (χ2n) is 4.97. The van der Waals surface area contributed by atoms with E-state index in [0.29, 0.717) is 32.8 Å². The third-order valence-electron chi connectivity index (χ3n) is 3.31. The predicted molar refractivity (Wildman–Crippen MR) is 66.5 cm³/mol. The summed E-state index contributed by atoms with van der Waals surface area (Å²) in [5, 5.41) is 0. The van der Waals surface area contributed by atoms with E-state index in [1.165, 1.54) is 4.31 Å². The lowest BCUT2D eigenvalue weighted by Crippen LogP contribution is -2.47. The van der Waals surface area contributed by atoms with E-state index in [2.05, 4.69) is 0 Å². The van der Waals surface area contributed by atoms with Gasteiger partial charge in [-0.1, -0.05) is 6.92 Å². The van der Waals surface area contributed by atoms with Crippen LogP contribution in [-0.2, 0) is 19.5 Å². The predicted octanol–water partition coefficient (Wildman–Crippen LogP) is 0.852. The molecule has 1 aliphatic heterocycles. The number of likely N-dealkylation sites (N-methyl/N-ethyl adjacent to an activating group) is 1. The van der Waals surface area contributed by atoms with Crippen LogP contribution in [-0.4, -0.2) is 57.0 Å². The molecular weight excluding hydrogens is 242 g/mol. The second-order valence-corrected chi connectivity index (χ2v) is 7.65. The molecule has 6 heteroatoms. The van der Waals surface area contributed by atoms with Gasteiger partial charge >= 0.3 is 0 Å². The molecule has 0 spiro atoms. The highest BCUT2D eigenvalue weighted by atomic mass is 32.2. The van der Waals surface area contributed by atoms with Gasteiger partial charge in [-0.25, -0.2) is 12.7 Å². The van der Waals surface area contributed by atoms with Gasteiger partial charge in [0.15, 0.2) is 0 Å². The van der Waals surface area contributed by atoms with Gasteiger partial charge in [0.05, 0.1) is 30.7 Å².